The first-order valence-corrected chi connectivity index (χ1v) is 13.2. The van der Waals surface area contributed by atoms with Gasteiger partial charge in [-0.2, -0.15) is 0 Å². The average molecular weight is 492 g/mol. The monoisotopic (exact) mass is 491 g/mol. The Morgan fingerprint density at radius 3 is 2.29 bits per heavy atom. The maximum atomic E-state index is 13.2. The van der Waals surface area contributed by atoms with Crippen molar-refractivity contribution in [2.45, 2.75) is 18.2 Å². The van der Waals surface area contributed by atoms with Gasteiger partial charge in [-0.05, 0) is 61.4 Å². The van der Waals surface area contributed by atoms with Crippen molar-refractivity contribution >= 4 is 27.3 Å². The third kappa shape index (κ3) is 4.34. The number of para-hydroxylation sites is 2. The average Bonchev–Trinajstić information content (AvgIpc) is 3.33. The minimum atomic E-state index is -3.64. The van der Waals surface area contributed by atoms with Gasteiger partial charge in [-0.3, -0.25) is 9.10 Å². The van der Waals surface area contributed by atoms with E-state index in [1.54, 1.807) is 43.5 Å². The van der Waals surface area contributed by atoms with Gasteiger partial charge in [0.2, 0.25) is 0 Å². The molecule has 0 N–H and O–H groups in total. The molecule has 0 aliphatic carbocycles. The van der Waals surface area contributed by atoms with Gasteiger partial charge in [0.1, 0.15) is 5.75 Å². The number of rotatable bonds is 5. The Hall–Kier alpha value is -3.52. The van der Waals surface area contributed by atoms with Crippen LogP contribution in [0.4, 0.5) is 11.4 Å². The van der Waals surface area contributed by atoms with E-state index in [0.29, 0.717) is 37.3 Å². The summed E-state index contributed by atoms with van der Waals surface area (Å²) in [5.41, 5.74) is 4.19. The van der Waals surface area contributed by atoms with Crippen molar-refractivity contribution in [1.82, 2.24) is 4.90 Å². The Morgan fingerprint density at radius 1 is 0.857 bits per heavy atom. The molecule has 0 saturated carbocycles. The summed E-state index contributed by atoms with van der Waals surface area (Å²) in [5, 5.41) is 0. The zero-order valence-electron chi connectivity index (χ0n) is 20.0. The van der Waals surface area contributed by atoms with E-state index in [0.717, 1.165) is 35.7 Å². The summed E-state index contributed by atoms with van der Waals surface area (Å²) >= 11 is 0. The van der Waals surface area contributed by atoms with Crippen LogP contribution < -0.4 is 13.9 Å². The van der Waals surface area contributed by atoms with Crippen molar-refractivity contribution < 1.29 is 17.9 Å². The molecule has 1 saturated heterocycles. The number of benzene rings is 3. The third-order valence-corrected chi connectivity index (χ3v) is 8.61. The first-order valence-electron chi connectivity index (χ1n) is 11.8. The number of ether oxygens (including phenoxy) is 1. The van der Waals surface area contributed by atoms with E-state index in [1.807, 2.05) is 42.2 Å². The third-order valence-electron chi connectivity index (χ3n) is 6.78. The molecule has 8 heteroatoms. The maximum Gasteiger partial charge on any atom is 0.264 e. The Bertz CT molecular complexity index is 1350. The number of sulfonamides is 1. The molecule has 1 fully saturated rings. The molecule has 182 valence electrons. The molecule has 0 unspecified atom stereocenters. The second kappa shape index (κ2) is 9.26. The van der Waals surface area contributed by atoms with Crippen molar-refractivity contribution in [3.63, 3.8) is 0 Å². The lowest BCUT2D eigenvalue weighted by molar-refractivity contribution is 0.0746. The smallest absolute Gasteiger partial charge is 0.264 e. The van der Waals surface area contributed by atoms with Crippen LogP contribution in [-0.2, 0) is 16.4 Å². The second-order valence-electron chi connectivity index (χ2n) is 8.93. The highest BCUT2D eigenvalue weighted by Crippen LogP contribution is 2.34. The van der Waals surface area contributed by atoms with Crippen LogP contribution >= 0.6 is 0 Å². The van der Waals surface area contributed by atoms with Crippen molar-refractivity contribution in [1.29, 1.82) is 0 Å². The summed E-state index contributed by atoms with van der Waals surface area (Å²) in [6.45, 7) is 4.97. The quantitative estimate of drug-likeness (QED) is 0.544. The highest BCUT2D eigenvalue weighted by atomic mass is 32.2. The fourth-order valence-corrected chi connectivity index (χ4v) is 6.32. The Labute approximate surface area is 206 Å². The number of hydrogen-bond acceptors (Lipinski definition) is 5. The number of methoxy groups -OCH3 is 1. The lowest BCUT2D eigenvalue weighted by atomic mass is 10.1. The van der Waals surface area contributed by atoms with Gasteiger partial charge in [-0.25, -0.2) is 8.42 Å². The summed E-state index contributed by atoms with van der Waals surface area (Å²) < 4.78 is 33.3. The van der Waals surface area contributed by atoms with E-state index in [2.05, 4.69) is 4.90 Å². The summed E-state index contributed by atoms with van der Waals surface area (Å²) in [6, 6.07) is 20.2. The lowest BCUT2D eigenvalue weighted by Gasteiger charge is -2.36. The van der Waals surface area contributed by atoms with Crippen molar-refractivity contribution in [3.8, 4) is 5.75 Å². The lowest BCUT2D eigenvalue weighted by Crippen LogP contribution is -2.48. The highest BCUT2D eigenvalue weighted by Gasteiger charge is 2.32. The number of anilines is 2. The molecule has 0 atom stereocenters. The van der Waals surface area contributed by atoms with Crippen molar-refractivity contribution in [3.05, 3.63) is 83.4 Å². The molecule has 2 aliphatic rings. The molecule has 0 bridgehead atoms. The molecule has 0 spiro atoms. The van der Waals surface area contributed by atoms with Crippen molar-refractivity contribution in [2.24, 2.45) is 0 Å². The fraction of sp³-hybridized carbons (Fsp3) is 0.296. The van der Waals surface area contributed by atoms with Crippen LogP contribution in [0.15, 0.2) is 71.6 Å². The molecule has 2 heterocycles. The van der Waals surface area contributed by atoms with Gasteiger partial charge in [-0.15, -0.1) is 0 Å². The molecule has 0 aromatic heterocycles. The normalized spacial score (nSPS) is 15.8. The summed E-state index contributed by atoms with van der Waals surface area (Å²) in [4.78, 5) is 17.6. The van der Waals surface area contributed by atoms with Gasteiger partial charge >= 0.3 is 0 Å². The van der Waals surface area contributed by atoms with Gasteiger partial charge in [0.05, 0.1) is 23.4 Å². The molecule has 35 heavy (non-hydrogen) atoms. The molecule has 3 aromatic rings. The van der Waals surface area contributed by atoms with E-state index >= 15 is 0 Å². The zero-order chi connectivity index (χ0) is 24.6. The predicted molar refractivity (Wildman–Crippen MR) is 137 cm³/mol. The molecular weight excluding hydrogens is 462 g/mol. The largest absolute Gasteiger partial charge is 0.495 e. The molecule has 7 nitrogen and oxygen atoms in total. The van der Waals surface area contributed by atoms with Crippen LogP contribution in [0.2, 0.25) is 0 Å². The molecule has 5 rings (SSSR count). The number of hydrogen-bond donors (Lipinski definition) is 0. The minimum absolute atomic E-state index is 0.0210. The van der Waals surface area contributed by atoms with Gasteiger partial charge < -0.3 is 14.5 Å². The van der Waals surface area contributed by atoms with Gasteiger partial charge in [0, 0.05) is 38.3 Å². The van der Waals surface area contributed by atoms with Crippen LogP contribution in [0, 0.1) is 6.92 Å². The Morgan fingerprint density at radius 2 is 1.57 bits per heavy atom. The van der Waals surface area contributed by atoms with Crippen molar-refractivity contribution in [2.75, 3.05) is 49.0 Å². The molecule has 0 radical (unpaired) electrons. The van der Waals surface area contributed by atoms with Gasteiger partial charge in [0.25, 0.3) is 15.9 Å². The fourth-order valence-electron chi connectivity index (χ4n) is 4.82. The van der Waals surface area contributed by atoms with Crippen LogP contribution in [0.3, 0.4) is 0 Å². The molecular formula is C27H29N3O4S. The highest BCUT2D eigenvalue weighted by molar-refractivity contribution is 7.92. The summed E-state index contributed by atoms with van der Waals surface area (Å²) in [7, 11) is -1.97. The number of carbonyl (C=O) groups excluding carboxylic acids is 1. The maximum absolute atomic E-state index is 13.2. The Balaban J connectivity index is 1.29. The topological polar surface area (TPSA) is 70.2 Å². The van der Waals surface area contributed by atoms with E-state index in [9.17, 15) is 13.2 Å². The summed E-state index contributed by atoms with van der Waals surface area (Å²) in [6.07, 6.45) is 0.586. The standard InChI is InChI=1S/C27H29N3O4S/c1-20-7-10-23(11-8-20)35(32,33)30-14-13-21-19-22(9-12-24(21)30)27(31)29-17-15-28(16-18-29)25-5-3-4-6-26(25)34-2/h3-12,19H,13-18H2,1-2H3. The van der Waals surface area contributed by atoms with Crippen LogP contribution in [0.5, 0.6) is 5.75 Å². The predicted octanol–water partition coefficient (Wildman–Crippen LogP) is 3.72. The number of fused-ring (bicyclic) bond motifs is 1. The Kier molecular flexibility index (Phi) is 6.15. The number of nitrogens with zero attached hydrogens (tertiary/aromatic N) is 3. The van der Waals surface area contributed by atoms with Gasteiger partial charge in [-0.1, -0.05) is 29.8 Å². The SMILES string of the molecule is COc1ccccc1N1CCN(C(=O)c2ccc3c(c2)CCN3S(=O)(=O)c2ccc(C)cc2)CC1. The van der Waals surface area contributed by atoms with E-state index in [4.69, 9.17) is 4.74 Å². The molecule has 2 aliphatic heterocycles. The second-order valence-corrected chi connectivity index (χ2v) is 10.8. The number of amides is 1. The molecule has 1 amide bonds. The zero-order valence-corrected chi connectivity index (χ0v) is 20.8. The van der Waals surface area contributed by atoms with E-state index in [-0.39, 0.29) is 10.8 Å². The number of piperazine rings is 1. The molecule has 3 aromatic carbocycles. The first-order chi connectivity index (χ1) is 16.9. The van der Waals surface area contributed by atoms with E-state index < -0.39 is 10.0 Å². The number of aryl methyl sites for hydroxylation is 1. The van der Waals surface area contributed by atoms with Crippen LogP contribution in [0.25, 0.3) is 0 Å². The minimum Gasteiger partial charge on any atom is -0.495 e. The van der Waals surface area contributed by atoms with E-state index in [1.165, 1.54) is 4.31 Å². The number of carbonyl (C=O) groups is 1. The first kappa shape index (κ1) is 23.2. The van der Waals surface area contributed by atoms with Crippen LogP contribution in [-0.4, -0.2) is 59.1 Å². The van der Waals surface area contributed by atoms with Crippen LogP contribution in [0.1, 0.15) is 21.5 Å². The summed E-state index contributed by atoms with van der Waals surface area (Å²) in [5.74, 6) is 0.809. The van der Waals surface area contributed by atoms with Gasteiger partial charge in [0.15, 0.2) is 0 Å².